The molecule has 7 heteroatoms. The Hall–Kier alpha value is -3.35. The van der Waals surface area contributed by atoms with Crippen molar-refractivity contribution in [2.75, 3.05) is 6.61 Å². The Labute approximate surface area is 164 Å². The minimum atomic E-state index is -4.48. The summed E-state index contributed by atoms with van der Waals surface area (Å²) >= 11 is 0. The molecule has 1 aliphatic heterocycles. The largest absolute Gasteiger partial charge is 0.462 e. The van der Waals surface area contributed by atoms with Gasteiger partial charge in [-0.1, -0.05) is 24.3 Å². The number of fused-ring (bicyclic) bond motifs is 3. The zero-order valence-corrected chi connectivity index (χ0v) is 15.6. The summed E-state index contributed by atoms with van der Waals surface area (Å²) in [5.74, 6) is -0.902. The van der Waals surface area contributed by atoms with Crippen molar-refractivity contribution >= 4 is 11.8 Å². The minimum Gasteiger partial charge on any atom is -0.462 e. The second-order valence-electron chi connectivity index (χ2n) is 6.66. The fraction of sp³-hybridized carbons (Fsp3) is 0.182. The molecule has 4 nitrogen and oxygen atoms in total. The minimum absolute atomic E-state index is 0.135. The molecule has 0 aliphatic carbocycles. The average Bonchev–Trinajstić information content (AvgIpc) is 3.15. The van der Waals surface area contributed by atoms with Crippen LogP contribution in [-0.2, 0) is 10.9 Å². The molecule has 0 N–H and O–H groups in total. The maximum Gasteiger partial charge on any atom is 0.416 e. The lowest BCUT2D eigenvalue weighted by Crippen LogP contribution is -2.09. The molecule has 2 aromatic carbocycles. The second-order valence-corrected chi connectivity index (χ2v) is 6.66. The number of rotatable bonds is 3. The summed E-state index contributed by atoms with van der Waals surface area (Å²) in [7, 11) is 0. The van der Waals surface area contributed by atoms with Crippen LogP contribution in [-0.4, -0.2) is 22.9 Å². The first-order chi connectivity index (χ1) is 13.8. The number of para-hydroxylation sites is 1. The Bertz CT molecular complexity index is 1140. The van der Waals surface area contributed by atoms with E-state index in [9.17, 15) is 22.8 Å². The van der Waals surface area contributed by atoms with Crippen molar-refractivity contribution in [1.29, 1.82) is 0 Å². The number of benzene rings is 2. The summed E-state index contributed by atoms with van der Waals surface area (Å²) in [6, 6.07) is 11.4. The number of carbonyl (C=O) groups excluding carboxylic acids is 2. The van der Waals surface area contributed by atoms with Crippen molar-refractivity contribution in [1.82, 2.24) is 4.57 Å². The van der Waals surface area contributed by atoms with Gasteiger partial charge < -0.3 is 9.30 Å². The molecule has 0 atom stereocenters. The molecular formula is C22H16F3NO3. The van der Waals surface area contributed by atoms with Crippen LogP contribution < -0.4 is 0 Å². The van der Waals surface area contributed by atoms with Crippen LogP contribution in [0.3, 0.4) is 0 Å². The van der Waals surface area contributed by atoms with Crippen LogP contribution in [0, 0.1) is 6.92 Å². The number of carbonyl (C=O) groups is 2. The van der Waals surface area contributed by atoms with Crippen LogP contribution in [0.25, 0.3) is 16.8 Å². The normalized spacial score (nSPS) is 12.7. The van der Waals surface area contributed by atoms with Crippen molar-refractivity contribution in [2.24, 2.45) is 0 Å². The van der Waals surface area contributed by atoms with Gasteiger partial charge in [0.15, 0.2) is 0 Å². The van der Waals surface area contributed by atoms with E-state index >= 15 is 0 Å². The number of hydrogen-bond donors (Lipinski definition) is 0. The first-order valence-corrected chi connectivity index (χ1v) is 8.99. The van der Waals surface area contributed by atoms with Gasteiger partial charge in [-0.05, 0) is 43.7 Å². The van der Waals surface area contributed by atoms with Crippen LogP contribution in [0.15, 0.2) is 48.5 Å². The Morgan fingerprint density at radius 1 is 1.07 bits per heavy atom. The topological polar surface area (TPSA) is 48.3 Å². The van der Waals surface area contributed by atoms with Crippen molar-refractivity contribution in [3.05, 3.63) is 76.6 Å². The summed E-state index contributed by atoms with van der Waals surface area (Å²) < 4.78 is 45.7. The molecule has 0 amide bonds. The fourth-order valence-electron chi connectivity index (χ4n) is 3.75. The molecule has 148 valence electrons. The molecule has 0 fully saturated rings. The van der Waals surface area contributed by atoms with E-state index in [-0.39, 0.29) is 29.2 Å². The number of ether oxygens (including phenoxy) is 1. The molecule has 0 spiro atoms. The van der Waals surface area contributed by atoms with Gasteiger partial charge in [-0.2, -0.15) is 13.2 Å². The third kappa shape index (κ3) is 2.85. The van der Waals surface area contributed by atoms with Crippen LogP contribution >= 0.6 is 0 Å². The van der Waals surface area contributed by atoms with E-state index in [0.717, 1.165) is 12.1 Å². The highest BCUT2D eigenvalue weighted by molar-refractivity contribution is 6.20. The van der Waals surface area contributed by atoms with Gasteiger partial charge >= 0.3 is 12.1 Å². The molecule has 0 radical (unpaired) electrons. The van der Waals surface area contributed by atoms with E-state index in [1.165, 1.54) is 12.1 Å². The highest BCUT2D eigenvalue weighted by Crippen LogP contribution is 2.42. The predicted octanol–water partition coefficient (Wildman–Crippen LogP) is 5.19. The number of esters is 1. The van der Waals surface area contributed by atoms with Crippen molar-refractivity contribution in [3.8, 4) is 16.8 Å². The SMILES string of the molecule is CCOC(=O)c1c(-c2ccc(C(F)(F)F)cc2)c2n(c1C)-c1ccccc1C2=O. The van der Waals surface area contributed by atoms with E-state index in [4.69, 9.17) is 4.74 Å². The predicted molar refractivity (Wildman–Crippen MR) is 100 cm³/mol. The van der Waals surface area contributed by atoms with Crippen LogP contribution in [0.5, 0.6) is 0 Å². The van der Waals surface area contributed by atoms with Gasteiger partial charge in [-0.25, -0.2) is 4.79 Å². The molecule has 4 rings (SSSR count). The maximum atomic E-state index is 13.1. The number of hydrogen-bond acceptors (Lipinski definition) is 3. The first-order valence-electron chi connectivity index (χ1n) is 8.99. The van der Waals surface area contributed by atoms with Crippen molar-refractivity contribution < 1.29 is 27.5 Å². The molecular weight excluding hydrogens is 383 g/mol. The first kappa shape index (κ1) is 19.0. The van der Waals surface area contributed by atoms with Gasteiger partial charge in [-0.3, -0.25) is 4.79 Å². The van der Waals surface area contributed by atoms with E-state index in [1.54, 1.807) is 42.7 Å². The quantitative estimate of drug-likeness (QED) is 0.445. The summed E-state index contributed by atoms with van der Waals surface area (Å²) in [5, 5.41) is 0. The molecule has 1 aromatic heterocycles. The Balaban J connectivity index is 1.99. The van der Waals surface area contributed by atoms with Gasteiger partial charge in [0, 0.05) is 16.8 Å². The molecule has 0 bridgehead atoms. The third-order valence-electron chi connectivity index (χ3n) is 4.99. The second kappa shape index (κ2) is 6.62. The lowest BCUT2D eigenvalue weighted by atomic mass is 9.96. The molecule has 1 aliphatic rings. The number of nitrogens with zero attached hydrogens (tertiary/aromatic N) is 1. The molecule has 29 heavy (non-hydrogen) atoms. The molecule has 2 heterocycles. The lowest BCUT2D eigenvalue weighted by molar-refractivity contribution is -0.137. The zero-order valence-electron chi connectivity index (χ0n) is 15.6. The van der Waals surface area contributed by atoms with Crippen LogP contribution in [0.4, 0.5) is 13.2 Å². The average molecular weight is 399 g/mol. The number of aromatic nitrogens is 1. The Morgan fingerprint density at radius 2 is 1.72 bits per heavy atom. The monoisotopic (exact) mass is 399 g/mol. The van der Waals surface area contributed by atoms with Gasteiger partial charge in [-0.15, -0.1) is 0 Å². The van der Waals surface area contributed by atoms with Crippen molar-refractivity contribution in [3.63, 3.8) is 0 Å². The van der Waals surface area contributed by atoms with E-state index in [2.05, 4.69) is 0 Å². The molecule has 0 unspecified atom stereocenters. The zero-order chi connectivity index (χ0) is 20.9. The van der Waals surface area contributed by atoms with E-state index in [1.807, 2.05) is 0 Å². The van der Waals surface area contributed by atoms with Crippen molar-refractivity contribution in [2.45, 2.75) is 20.0 Å². The van der Waals surface area contributed by atoms with Crippen LogP contribution in [0.1, 0.15) is 44.6 Å². The maximum absolute atomic E-state index is 13.1. The fourth-order valence-corrected chi connectivity index (χ4v) is 3.75. The van der Waals surface area contributed by atoms with Crippen LogP contribution in [0.2, 0.25) is 0 Å². The lowest BCUT2D eigenvalue weighted by Gasteiger charge is -2.10. The Morgan fingerprint density at radius 3 is 2.34 bits per heavy atom. The van der Waals surface area contributed by atoms with Gasteiger partial charge in [0.1, 0.15) is 5.69 Å². The summed E-state index contributed by atoms with van der Waals surface area (Å²) in [5.41, 5.74) is 1.89. The number of halogens is 3. The standard InChI is InChI=1S/C22H16F3NO3/c1-3-29-21(28)17-12(2)26-16-7-5-4-6-15(16)20(27)19(26)18(17)13-8-10-14(11-9-13)22(23,24)25/h4-11H,3H2,1-2H3. The summed E-state index contributed by atoms with van der Waals surface area (Å²) in [4.78, 5) is 25.8. The Kier molecular flexibility index (Phi) is 4.33. The van der Waals surface area contributed by atoms with Gasteiger partial charge in [0.2, 0.25) is 5.78 Å². The molecule has 0 saturated heterocycles. The smallest absolute Gasteiger partial charge is 0.416 e. The third-order valence-corrected chi connectivity index (χ3v) is 4.99. The van der Waals surface area contributed by atoms with Gasteiger partial charge in [0.25, 0.3) is 0 Å². The highest BCUT2D eigenvalue weighted by Gasteiger charge is 2.37. The van der Waals surface area contributed by atoms with E-state index in [0.29, 0.717) is 22.5 Å². The highest BCUT2D eigenvalue weighted by atomic mass is 19.4. The summed E-state index contributed by atoms with van der Waals surface area (Å²) in [6.45, 7) is 3.49. The summed E-state index contributed by atoms with van der Waals surface area (Å²) in [6.07, 6.45) is -4.48. The molecule has 0 saturated carbocycles. The van der Waals surface area contributed by atoms with E-state index < -0.39 is 17.7 Å². The number of ketones is 1. The number of alkyl halides is 3. The van der Waals surface area contributed by atoms with Gasteiger partial charge in [0.05, 0.1) is 23.4 Å². The molecule has 3 aromatic rings.